The standard InChI is InChI=1S/C13H20.C4H10/c1-3-4-5-6-10-13-11-8-7-9-12(13)2;1-3-4-2/h7-9,11H,3-6,10H2,1-2H3;3-4H2,1-2H3. The van der Waals surface area contributed by atoms with Crippen molar-refractivity contribution >= 4 is 0 Å². The van der Waals surface area contributed by atoms with Crippen LogP contribution < -0.4 is 0 Å². The summed E-state index contributed by atoms with van der Waals surface area (Å²) in [6.45, 7) is 8.82. The Bertz CT molecular complexity index is 260. The maximum absolute atomic E-state index is 2.26. The van der Waals surface area contributed by atoms with Crippen LogP contribution in [-0.4, -0.2) is 0 Å². The molecular weight excluding hydrogens is 204 g/mol. The lowest BCUT2D eigenvalue weighted by Gasteiger charge is -2.04. The zero-order valence-electron chi connectivity index (χ0n) is 12.3. The molecule has 0 atom stereocenters. The van der Waals surface area contributed by atoms with E-state index in [1.165, 1.54) is 56.1 Å². The minimum Gasteiger partial charge on any atom is -0.0654 e. The fraction of sp³-hybridized carbons (Fsp3) is 0.647. The Labute approximate surface area is 108 Å². The minimum absolute atomic E-state index is 1.26. The molecule has 98 valence electrons. The molecule has 0 bridgehead atoms. The van der Waals surface area contributed by atoms with E-state index < -0.39 is 0 Å². The normalized spacial score (nSPS) is 9.65. The number of hydrogen-bond donors (Lipinski definition) is 0. The molecule has 0 heteroatoms. The van der Waals surface area contributed by atoms with E-state index >= 15 is 0 Å². The molecule has 0 nitrogen and oxygen atoms in total. The van der Waals surface area contributed by atoms with Crippen molar-refractivity contribution in [3.05, 3.63) is 35.4 Å². The first-order valence-corrected chi connectivity index (χ1v) is 7.30. The molecule has 0 radical (unpaired) electrons. The third-order valence-electron chi connectivity index (χ3n) is 3.06. The quantitative estimate of drug-likeness (QED) is 0.536. The minimum atomic E-state index is 1.26. The zero-order chi connectivity index (χ0) is 12.9. The van der Waals surface area contributed by atoms with Crippen LogP contribution in [0.4, 0.5) is 0 Å². The molecule has 0 aromatic heterocycles. The number of benzene rings is 1. The average molecular weight is 234 g/mol. The molecule has 0 unspecified atom stereocenters. The molecule has 0 saturated carbocycles. The van der Waals surface area contributed by atoms with E-state index in [1.807, 2.05) is 0 Å². The van der Waals surface area contributed by atoms with E-state index in [0.29, 0.717) is 0 Å². The summed E-state index contributed by atoms with van der Waals surface area (Å²) in [6.07, 6.45) is 9.33. The highest BCUT2D eigenvalue weighted by atomic mass is 14.0. The van der Waals surface area contributed by atoms with Crippen molar-refractivity contribution < 1.29 is 0 Å². The van der Waals surface area contributed by atoms with Gasteiger partial charge in [-0.05, 0) is 30.9 Å². The maximum atomic E-state index is 2.26. The van der Waals surface area contributed by atoms with E-state index in [0.717, 1.165) is 0 Å². The first-order valence-electron chi connectivity index (χ1n) is 7.30. The van der Waals surface area contributed by atoms with Crippen molar-refractivity contribution in [2.45, 2.75) is 72.6 Å². The van der Waals surface area contributed by atoms with E-state index in [1.54, 1.807) is 0 Å². The Morgan fingerprint density at radius 1 is 0.765 bits per heavy atom. The van der Waals surface area contributed by atoms with Crippen LogP contribution in [0.15, 0.2) is 24.3 Å². The van der Waals surface area contributed by atoms with E-state index in [9.17, 15) is 0 Å². The summed E-state index contributed by atoms with van der Waals surface area (Å²) in [7, 11) is 0. The summed E-state index contributed by atoms with van der Waals surface area (Å²) >= 11 is 0. The summed E-state index contributed by atoms with van der Waals surface area (Å²) < 4.78 is 0. The summed E-state index contributed by atoms with van der Waals surface area (Å²) in [6, 6.07) is 8.71. The molecule has 0 spiro atoms. The van der Waals surface area contributed by atoms with Crippen molar-refractivity contribution in [1.29, 1.82) is 0 Å². The SMILES string of the molecule is CCCC.CCCCCCc1ccccc1C. The van der Waals surface area contributed by atoms with Gasteiger partial charge in [-0.2, -0.15) is 0 Å². The molecule has 0 aliphatic carbocycles. The Kier molecular flexibility index (Phi) is 11.2. The number of rotatable bonds is 6. The second-order valence-electron chi connectivity index (χ2n) is 4.74. The molecule has 0 amide bonds. The molecule has 0 aliphatic rings. The molecule has 0 heterocycles. The highest BCUT2D eigenvalue weighted by molar-refractivity contribution is 5.25. The van der Waals surface area contributed by atoms with Gasteiger partial charge in [-0.25, -0.2) is 0 Å². The van der Waals surface area contributed by atoms with Gasteiger partial charge in [0.05, 0.1) is 0 Å². The Hall–Kier alpha value is -0.780. The van der Waals surface area contributed by atoms with Crippen LogP contribution in [0, 0.1) is 6.92 Å². The van der Waals surface area contributed by atoms with Gasteiger partial charge in [0.2, 0.25) is 0 Å². The number of unbranched alkanes of at least 4 members (excludes halogenated alkanes) is 4. The van der Waals surface area contributed by atoms with E-state index in [2.05, 4.69) is 52.0 Å². The number of aryl methyl sites for hydroxylation is 2. The summed E-state index contributed by atoms with van der Waals surface area (Å²) in [5.74, 6) is 0. The number of hydrogen-bond acceptors (Lipinski definition) is 0. The third kappa shape index (κ3) is 8.97. The molecule has 1 aromatic carbocycles. The summed E-state index contributed by atoms with van der Waals surface area (Å²) in [5, 5.41) is 0. The average Bonchev–Trinajstić information content (AvgIpc) is 2.37. The van der Waals surface area contributed by atoms with Crippen molar-refractivity contribution in [2.75, 3.05) is 0 Å². The molecule has 17 heavy (non-hydrogen) atoms. The summed E-state index contributed by atoms with van der Waals surface area (Å²) in [5.41, 5.74) is 2.97. The van der Waals surface area contributed by atoms with Crippen LogP contribution >= 0.6 is 0 Å². The predicted octanol–water partition coefficient (Wildman–Crippen LogP) is 5.92. The van der Waals surface area contributed by atoms with Gasteiger partial charge < -0.3 is 0 Å². The van der Waals surface area contributed by atoms with Gasteiger partial charge in [0, 0.05) is 0 Å². The monoisotopic (exact) mass is 234 g/mol. The van der Waals surface area contributed by atoms with Gasteiger partial charge >= 0.3 is 0 Å². The smallest absolute Gasteiger partial charge is 0.0276 e. The van der Waals surface area contributed by atoms with Gasteiger partial charge in [0.25, 0.3) is 0 Å². The Morgan fingerprint density at radius 2 is 1.41 bits per heavy atom. The fourth-order valence-electron chi connectivity index (χ4n) is 1.63. The molecule has 0 fully saturated rings. The van der Waals surface area contributed by atoms with E-state index in [4.69, 9.17) is 0 Å². The zero-order valence-corrected chi connectivity index (χ0v) is 12.3. The highest BCUT2D eigenvalue weighted by Gasteiger charge is 1.95. The summed E-state index contributed by atoms with van der Waals surface area (Å²) in [4.78, 5) is 0. The van der Waals surface area contributed by atoms with Crippen LogP contribution in [-0.2, 0) is 6.42 Å². The van der Waals surface area contributed by atoms with Gasteiger partial charge in [0.15, 0.2) is 0 Å². The highest BCUT2D eigenvalue weighted by Crippen LogP contribution is 2.11. The third-order valence-corrected chi connectivity index (χ3v) is 3.06. The van der Waals surface area contributed by atoms with Crippen LogP contribution in [0.5, 0.6) is 0 Å². The van der Waals surface area contributed by atoms with Crippen LogP contribution in [0.3, 0.4) is 0 Å². The van der Waals surface area contributed by atoms with Gasteiger partial charge in [-0.1, -0.05) is 77.1 Å². The van der Waals surface area contributed by atoms with E-state index in [-0.39, 0.29) is 0 Å². The van der Waals surface area contributed by atoms with Gasteiger partial charge in [0.1, 0.15) is 0 Å². The van der Waals surface area contributed by atoms with Crippen LogP contribution in [0.25, 0.3) is 0 Å². The second-order valence-corrected chi connectivity index (χ2v) is 4.74. The van der Waals surface area contributed by atoms with Crippen molar-refractivity contribution in [3.8, 4) is 0 Å². The van der Waals surface area contributed by atoms with Crippen molar-refractivity contribution in [3.63, 3.8) is 0 Å². The first kappa shape index (κ1) is 16.2. The Morgan fingerprint density at radius 3 is 1.94 bits per heavy atom. The molecular formula is C17H30. The topological polar surface area (TPSA) is 0 Å². The molecule has 0 N–H and O–H groups in total. The molecule has 0 saturated heterocycles. The fourth-order valence-corrected chi connectivity index (χ4v) is 1.63. The Balaban J connectivity index is 0.000000557. The molecule has 1 rings (SSSR count). The van der Waals surface area contributed by atoms with Gasteiger partial charge in [-0.3, -0.25) is 0 Å². The lowest BCUT2D eigenvalue weighted by atomic mass is 10.0. The maximum Gasteiger partial charge on any atom is -0.0276 e. The molecule has 1 aromatic rings. The first-order chi connectivity index (χ1) is 8.26. The van der Waals surface area contributed by atoms with Crippen molar-refractivity contribution in [1.82, 2.24) is 0 Å². The molecule has 0 aliphatic heterocycles. The largest absolute Gasteiger partial charge is 0.0654 e. The van der Waals surface area contributed by atoms with Crippen LogP contribution in [0.2, 0.25) is 0 Å². The lowest BCUT2D eigenvalue weighted by molar-refractivity contribution is 0.665. The second kappa shape index (κ2) is 11.7. The van der Waals surface area contributed by atoms with Gasteiger partial charge in [-0.15, -0.1) is 0 Å². The lowest BCUT2D eigenvalue weighted by Crippen LogP contribution is -1.89. The van der Waals surface area contributed by atoms with Crippen molar-refractivity contribution in [2.24, 2.45) is 0 Å². The predicted molar refractivity (Wildman–Crippen MR) is 79.6 cm³/mol. The van der Waals surface area contributed by atoms with Crippen LogP contribution in [0.1, 0.15) is 70.4 Å².